The molecule has 3 aromatic rings. The zero-order valence-electron chi connectivity index (χ0n) is 19.9. The van der Waals surface area contributed by atoms with Crippen LogP contribution in [0.1, 0.15) is 36.9 Å². The lowest BCUT2D eigenvalue weighted by atomic mass is 10.1. The molecule has 0 aromatic heterocycles. The summed E-state index contributed by atoms with van der Waals surface area (Å²) in [4.78, 5) is 15.5. The maximum atomic E-state index is 13.5. The number of rotatable bonds is 8. The highest BCUT2D eigenvalue weighted by atomic mass is 35.5. The summed E-state index contributed by atoms with van der Waals surface area (Å²) < 4.78 is 28.3. The Morgan fingerprint density at radius 1 is 1.00 bits per heavy atom. The van der Waals surface area contributed by atoms with Crippen molar-refractivity contribution in [2.75, 3.05) is 28.8 Å². The van der Waals surface area contributed by atoms with E-state index < -0.39 is 10.0 Å². The van der Waals surface area contributed by atoms with E-state index >= 15 is 0 Å². The summed E-state index contributed by atoms with van der Waals surface area (Å²) in [5.41, 5.74) is 3.36. The molecule has 8 heteroatoms. The molecule has 1 aliphatic rings. The van der Waals surface area contributed by atoms with Crippen LogP contribution in [0.3, 0.4) is 0 Å². The predicted octanol–water partition coefficient (Wildman–Crippen LogP) is 5.32. The number of halogens is 1. The lowest BCUT2D eigenvalue weighted by molar-refractivity contribution is -0.120. The second-order valence-electron chi connectivity index (χ2n) is 8.83. The second kappa shape index (κ2) is 10.7. The Kier molecular flexibility index (Phi) is 7.67. The minimum atomic E-state index is -4.00. The van der Waals surface area contributed by atoms with Crippen molar-refractivity contribution in [3.63, 3.8) is 0 Å². The number of hydrogen-bond donors (Lipinski definition) is 1. The average molecular weight is 512 g/mol. The Labute approximate surface area is 212 Å². The molecule has 0 radical (unpaired) electrons. The van der Waals surface area contributed by atoms with Crippen LogP contribution in [0.5, 0.6) is 0 Å². The lowest BCUT2D eigenvalue weighted by Crippen LogP contribution is -2.41. The Morgan fingerprint density at radius 2 is 1.63 bits per heavy atom. The predicted molar refractivity (Wildman–Crippen MR) is 142 cm³/mol. The van der Waals surface area contributed by atoms with Gasteiger partial charge >= 0.3 is 0 Å². The molecule has 1 fully saturated rings. The van der Waals surface area contributed by atoms with Gasteiger partial charge in [-0.05, 0) is 80.3 Å². The highest BCUT2D eigenvalue weighted by molar-refractivity contribution is 7.92. The number of amides is 1. The fourth-order valence-electron chi connectivity index (χ4n) is 4.33. The minimum Gasteiger partial charge on any atom is -0.372 e. The molecular formula is C27H30ClN3O3S. The number of para-hydroxylation sites is 1. The summed E-state index contributed by atoms with van der Waals surface area (Å²) >= 11 is 5.95. The van der Waals surface area contributed by atoms with Gasteiger partial charge in [-0.25, -0.2) is 8.42 Å². The van der Waals surface area contributed by atoms with Gasteiger partial charge in [-0.15, -0.1) is 0 Å². The smallest absolute Gasteiger partial charge is 0.264 e. The highest BCUT2D eigenvalue weighted by Crippen LogP contribution is 2.28. The van der Waals surface area contributed by atoms with Gasteiger partial charge in [0.05, 0.1) is 16.6 Å². The molecule has 1 aliphatic heterocycles. The molecule has 1 saturated heterocycles. The number of carbonyl (C=O) groups is 1. The molecule has 4 rings (SSSR count). The number of benzene rings is 3. The van der Waals surface area contributed by atoms with E-state index in [0.717, 1.165) is 28.5 Å². The Hall–Kier alpha value is -3.03. The summed E-state index contributed by atoms with van der Waals surface area (Å²) in [6, 6.07) is 21.0. The molecule has 1 atom stereocenters. The fourth-order valence-corrected chi connectivity index (χ4v) is 5.94. The summed E-state index contributed by atoms with van der Waals surface area (Å²) in [5.74, 6) is -0.387. The normalized spacial score (nSPS) is 14.5. The SMILES string of the molecule is Cc1ccccc1N(CC(=O)NC(C)c1ccc(N2CCCC2)cc1)S(=O)(=O)c1ccc(Cl)cc1. The van der Waals surface area contributed by atoms with Gasteiger partial charge in [-0.2, -0.15) is 0 Å². The number of aryl methyl sites for hydroxylation is 1. The quantitative estimate of drug-likeness (QED) is 0.444. The van der Waals surface area contributed by atoms with Gasteiger partial charge in [0.25, 0.3) is 10.0 Å². The lowest BCUT2D eigenvalue weighted by Gasteiger charge is -2.26. The molecule has 1 heterocycles. The molecule has 0 bridgehead atoms. The van der Waals surface area contributed by atoms with Gasteiger partial charge in [0.2, 0.25) is 5.91 Å². The number of nitrogens with zero attached hydrogens (tertiary/aromatic N) is 2. The topological polar surface area (TPSA) is 69.7 Å². The van der Waals surface area contributed by atoms with E-state index in [1.807, 2.05) is 38.1 Å². The van der Waals surface area contributed by atoms with Crippen LogP contribution in [0.2, 0.25) is 5.02 Å². The number of anilines is 2. The molecule has 35 heavy (non-hydrogen) atoms. The summed E-state index contributed by atoms with van der Waals surface area (Å²) in [6.07, 6.45) is 2.43. The molecule has 184 valence electrons. The van der Waals surface area contributed by atoms with Crippen LogP contribution in [0, 0.1) is 6.92 Å². The van der Waals surface area contributed by atoms with Gasteiger partial charge in [0, 0.05) is 23.8 Å². The maximum absolute atomic E-state index is 13.5. The fraction of sp³-hybridized carbons (Fsp3) is 0.296. The minimum absolute atomic E-state index is 0.0727. The third-order valence-electron chi connectivity index (χ3n) is 6.31. The Bertz CT molecular complexity index is 1270. The van der Waals surface area contributed by atoms with Gasteiger partial charge in [0.15, 0.2) is 0 Å². The van der Waals surface area contributed by atoms with Crippen LogP contribution in [-0.2, 0) is 14.8 Å². The first kappa shape index (κ1) is 25.1. The first-order chi connectivity index (χ1) is 16.8. The first-order valence-corrected chi connectivity index (χ1v) is 13.6. The van der Waals surface area contributed by atoms with Gasteiger partial charge in [-0.3, -0.25) is 9.10 Å². The van der Waals surface area contributed by atoms with E-state index in [0.29, 0.717) is 10.7 Å². The zero-order chi connectivity index (χ0) is 25.0. The Balaban J connectivity index is 1.53. The van der Waals surface area contributed by atoms with E-state index in [4.69, 9.17) is 11.6 Å². The van der Waals surface area contributed by atoms with E-state index in [9.17, 15) is 13.2 Å². The van der Waals surface area contributed by atoms with Crippen molar-refractivity contribution in [3.05, 3.63) is 88.9 Å². The highest BCUT2D eigenvalue weighted by Gasteiger charge is 2.28. The van der Waals surface area contributed by atoms with E-state index in [2.05, 4.69) is 22.3 Å². The van der Waals surface area contributed by atoms with Crippen molar-refractivity contribution >= 4 is 38.9 Å². The molecule has 1 amide bonds. The van der Waals surface area contributed by atoms with Crippen molar-refractivity contribution in [1.29, 1.82) is 0 Å². The summed E-state index contributed by atoms with van der Waals surface area (Å²) in [5, 5.41) is 3.40. The van der Waals surface area contributed by atoms with Crippen LogP contribution in [0.25, 0.3) is 0 Å². The number of nitrogens with one attached hydrogen (secondary N) is 1. The number of carbonyl (C=O) groups excluding carboxylic acids is 1. The molecular weight excluding hydrogens is 482 g/mol. The van der Waals surface area contributed by atoms with Crippen molar-refractivity contribution in [2.24, 2.45) is 0 Å². The van der Waals surface area contributed by atoms with Crippen molar-refractivity contribution in [1.82, 2.24) is 5.32 Å². The third-order valence-corrected chi connectivity index (χ3v) is 8.34. The monoisotopic (exact) mass is 511 g/mol. The average Bonchev–Trinajstić information content (AvgIpc) is 3.38. The number of sulfonamides is 1. The van der Waals surface area contributed by atoms with Crippen molar-refractivity contribution in [3.8, 4) is 0 Å². The third kappa shape index (κ3) is 5.80. The second-order valence-corrected chi connectivity index (χ2v) is 11.1. The van der Waals surface area contributed by atoms with Crippen molar-refractivity contribution in [2.45, 2.75) is 37.6 Å². The van der Waals surface area contributed by atoms with Crippen LogP contribution in [-0.4, -0.2) is 34.0 Å². The van der Waals surface area contributed by atoms with Crippen LogP contribution < -0.4 is 14.5 Å². The molecule has 6 nitrogen and oxygen atoms in total. The number of hydrogen-bond acceptors (Lipinski definition) is 4. The molecule has 1 unspecified atom stereocenters. The van der Waals surface area contributed by atoms with Crippen molar-refractivity contribution < 1.29 is 13.2 Å². The van der Waals surface area contributed by atoms with E-state index in [1.165, 1.54) is 42.8 Å². The van der Waals surface area contributed by atoms with Crippen LogP contribution in [0.4, 0.5) is 11.4 Å². The molecule has 0 aliphatic carbocycles. The standard InChI is InChI=1S/C27H30ClN3O3S/c1-20-7-3-4-8-26(20)31(35(33,34)25-15-11-23(28)12-16-25)19-27(32)29-21(2)22-9-13-24(14-10-22)30-17-5-6-18-30/h3-4,7-16,21H,5-6,17-19H2,1-2H3,(H,29,32). The van der Waals surface area contributed by atoms with Gasteiger partial charge in [-0.1, -0.05) is 41.9 Å². The summed E-state index contributed by atoms with van der Waals surface area (Å²) in [7, 11) is -4.00. The van der Waals surface area contributed by atoms with Gasteiger partial charge in [0.1, 0.15) is 6.54 Å². The molecule has 1 N–H and O–H groups in total. The first-order valence-electron chi connectivity index (χ1n) is 11.7. The zero-order valence-corrected chi connectivity index (χ0v) is 21.5. The molecule has 0 spiro atoms. The largest absolute Gasteiger partial charge is 0.372 e. The van der Waals surface area contributed by atoms with Gasteiger partial charge < -0.3 is 10.2 Å². The molecule has 3 aromatic carbocycles. The summed E-state index contributed by atoms with van der Waals surface area (Å²) in [6.45, 7) is 5.52. The van der Waals surface area contributed by atoms with E-state index in [1.54, 1.807) is 12.1 Å². The van der Waals surface area contributed by atoms with Crippen LogP contribution in [0.15, 0.2) is 77.7 Å². The van der Waals surface area contributed by atoms with E-state index in [-0.39, 0.29) is 23.4 Å². The maximum Gasteiger partial charge on any atom is 0.264 e. The van der Waals surface area contributed by atoms with Crippen LogP contribution >= 0.6 is 11.6 Å². The Morgan fingerprint density at radius 3 is 2.26 bits per heavy atom. The molecule has 0 saturated carbocycles.